The number of carbonyl (C=O) groups excluding carboxylic acids is 1. The fourth-order valence-corrected chi connectivity index (χ4v) is 3.76. The minimum absolute atomic E-state index is 0.0360. The number of amides is 1. The van der Waals surface area contributed by atoms with E-state index < -0.39 is 22.3 Å². The summed E-state index contributed by atoms with van der Waals surface area (Å²) in [5, 5.41) is 25.0. The van der Waals surface area contributed by atoms with Gasteiger partial charge in [-0.25, -0.2) is 4.39 Å². The van der Waals surface area contributed by atoms with Crippen molar-refractivity contribution >= 4 is 51.2 Å². The van der Waals surface area contributed by atoms with Crippen molar-refractivity contribution in [2.24, 2.45) is 0 Å². The van der Waals surface area contributed by atoms with Gasteiger partial charge in [-0.3, -0.25) is 14.9 Å². The average molecular weight is 435 g/mol. The normalized spacial score (nSPS) is 10.4. The molecule has 29 heavy (non-hydrogen) atoms. The van der Waals surface area contributed by atoms with Crippen LogP contribution in [0.5, 0.6) is 5.75 Å². The van der Waals surface area contributed by atoms with E-state index in [1.165, 1.54) is 11.3 Å². The van der Waals surface area contributed by atoms with Crippen LogP contribution in [0.4, 0.5) is 26.6 Å². The van der Waals surface area contributed by atoms with E-state index in [4.69, 9.17) is 4.74 Å². The highest BCUT2D eigenvalue weighted by Gasteiger charge is 2.17. The number of nitro groups is 1. The number of rotatable bonds is 8. The van der Waals surface area contributed by atoms with Crippen LogP contribution in [0.25, 0.3) is 0 Å². The Morgan fingerprint density at radius 2 is 2.03 bits per heavy atom. The third-order valence-electron chi connectivity index (χ3n) is 3.51. The molecule has 0 atom stereocenters. The van der Waals surface area contributed by atoms with Crippen LogP contribution in [-0.4, -0.2) is 33.9 Å². The lowest BCUT2D eigenvalue weighted by Gasteiger charge is -2.05. The molecular weight excluding hydrogens is 421 g/mol. The molecule has 0 unspecified atom stereocenters. The SMILES string of the molecule is COc1ccc(Nc2nnc(SCC(=O)Nc3ccc(F)cc3[N+](=O)[O-])s2)cc1. The molecule has 1 amide bonds. The van der Waals surface area contributed by atoms with Crippen LogP contribution in [0.3, 0.4) is 0 Å². The quantitative estimate of drug-likeness (QED) is 0.309. The maximum atomic E-state index is 13.2. The number of thioether (sulfide) groups is 1. The molecule has 0 saturated carbocycles. The van der Waals surface area contributed by atoms with E-state index >= 15 is 0 Å². The van der Waals surface area contributed by atoms with Gasteiger partial charge in [-0.2, -0.15) is 0 Å². The maximum absolute atomic E-state index is 13.2. The summed E-state index contributed by atoms with van der Waals surface area (Å²) in [5.74, 6) is -0.540. The lowest BCUT2D eigenvalue weighted by atomic mass is 10.2. The monoisotopic (exact) mass is 435 g/mol. The highest BCUT2D eigenvalue weighted by atomic mass is 32.2. The summed E-state index contributed by atoms with van der Waals surface area (Å²) >= 11 is 2.39. The molecule has 0 bridgehead atoms. The molecular formula is C17H14FN5O4S2. The Kier molecular flexibility index (Phi) is 6.57. The van der Waals surface area contributed by atoms with E-state index in [9.17, 15) is 19.3 Å². The molecule has 0 aliphatic heterocycles. The topological polar surface area (TPSA) is 119 Å². The molecule has 2 N–H and O–H groups in total. The number of halogens is 1. The van der Waals surface area contributed by atoms with E-state index in [2.05, 4.69) is 20.8 Å². The smallest absolute Gasteiger partial charge is 0.295 e. The van der Waals surface area contributed by atoms with Crippen molar-refractivity contribution in [1.29, 1.82) is 0 Å². The van der Waals surface area contributed by atoms with Crippen molar-refractivity contribution < 1.29 is 18.8 Å². The molecule has 1 heterocycles. The first kappa shape index (κ1) is 20.5. The number of hydrogen-bond donors (Lipinski definition) is 2. The molecule has 9 nitrogen and oxygen atoms in total. The lowest BCUT2D eigenvalue weighted by molar-refractivity contribution is -0.384. The maximum Gasteiger partial charge on any atom is 0.295 e. The molecule has 0 fully saturated rings. The molecule has 0 aliphatic carbocycles. The summed E-state index contributed by atoms with van der Waals surface area (Å²) in [7, 11) is 1.58. The second kappa shape index (κ2) is 9.30. The number of nitro benzene ring substituents is 1. The Balaban J connectivity index is 1.55. The highest BCUT2D eigenvalue weighted by Crippen LogP contribution is 2.29. The zero-order chi connectivity index (χ0) is 20.8. The first-order valence-electron chi connectivity index (χ1n) is 8.06. The minimum atomic E-state index is -0.756. The second-order valence-electron chi connectivity index (χ2n) is 5.48. The van der Waals surface area contributed by atoms with Gasteiger partial charge in [0, 0.05) is 5.69 Å². The summed E-state index contributed by atoms with van der Waals surface area (Å²) in [5.41, 5.74) is 0.228. The number of hydrogen-bond acceptors (Lipinski definition) is 9. The van der Waals surface area contributed by atoms with E-state index in [1.807, 2.05) is 12.1 Å². The van der Waals surface area contributed by atoms with Gasteiger partial charge >= 0.3 is 0 Å². The van der Waals surface area contributed by atoms with Gasteiger partial charge in [0.1, 0.15) is 17.3 Å². The fourth-order valence-electron chi connectivity index (χ4n) is 2.19. The zero-order valence-electron chi connectivity index (χ0n) is 14.9. The van der Waals surface area contributed by atoms with Crippen molar-refractivity contribution in [1.82, 2.24) is 10.2 Å². The van der Waals surface area contributed by atoms with Gasteiger partial charge in [0.2, 0.25) is 11.0 Å². The number of methoxy groups -OCH3 is 1. The highest BCUT2D eigenvalue weighted by molar-refractivity contribution is 8.01. The van der Waals surface area contributed by atoms with Crippen LogP contribution >= 0.6 is 23.1 Å². The van der Waals surface area contributed by atoms with Crippen molar-refractivity contribution in [2.45, 2.75) is 4.34 Å². The van der Waals surface area contributed by atoms with Gasteiger partial charge in [-0.15, -0.1) is 10.2 Å². The minimum Gasteiger partial charge on any atom is -0.497 e. The lowest BCUT2D eigenvalue weighted by Crippen LogP contribution is -2.15. The van der Waals surface area contributed by atoms with Crippen molar-refractivity contribution in [3.63, 3.8) is 0 Å². The third kappa shape index (κ3) is 5.62. The molecule has 12 heteroatoms. The van der Waals surface area contributed by atoms with Crippen molar-refractivity contribution in [2.75, 3.05) is 23.5 Å². The van der Waals surface area contributed by atoms with Gasteiger partial charge in [0.15, 0.2) is 4.34 Å². The molecule has 150 valence electrons. The molecule has 3 aromatic rings. The number of ether oxygens (including phenoxy) is 1. The number of nitrogens with zero attached hydrogens (tertiary/aromatic N) is 3. The largest absolute Gasteiger partial charge is 0.497 e. The van der Waals surface area contributed by atoms with Gasteiger partial charge < -0.3 is 15.4 Å². The number of benzene rings is 2. The van der Waals surface area contributed by atoms with Gasteiger partial charge in [-0.05, 0) is 36.4 Å². The third-order valence-corrected chi connectivity index (χ3v) is 5.48. The average Bonchev–Trinajstić information content (AvgIpc) is 3.15. The standard InChI is InChI=1S/C17H14FN5O4S2/c1-27-12-5-3-11(4-6-12)19-16-21-22-17(29-16)28-9-15(24)20-13-7-2-10(18)8-14(13)23(25)26/h2-8H,9H2,1H3,(H,19,21)(H,20,24). The molecule has 0 aliphatic rings. The van der Waals surface area contributed by atoms with Crippen LogP contribution in [0.2, 0.25) is 0 Å². The van der Waals surface area contributed by atoms with Gasteiger partial charge in [0.25, 0.3) is 5.69 Å². The van der Waals surface area contributed by atoms with Crippen LogP contribution in [-0.2, 0) is 4.79 Å². The molecule has 2 aromatic carbocycles. The predicted octanol–water partition coefficient (Wildman–Crippen LogP) is 4.07. The van der Waals surface area contributed by atoms with Gasteiger partial charge in [-0.1, -0.05) is 23.1 Å². The summed E-state index contributed by atoms with van der Waals surface area (Å²) in [4.78, 5) is 22.3. The number of nitrogens with one attached hydrogen (secondary N) is 2. The molecule has 0 radical (unpaired) electrons. The summed E-state index contributed by atoms with van der Waals surface area (Å²) < 4.78 is 18.8. The predicted molar refractivity (Wildman–Crippen MR) is 109 cm³/mol. The van der Waals surface area contributed by atoms with E-state index in [-0.39, 0.29) is 11.4 Å². The van der Waals surface area contributed by atoms with E-state index in [0.717, 1.165) is 41.4 Å². The summed E-state index contributed by atoms with van der Waals surface area (Å²) in [6.45, 7) is 0. The first-order chi connectivity index (χ1) is 13.9. The Morgan fingerprint density at radius 3 is 2.72 bits per heavy atom. The van der Waals surface area contributed by atoms with Crippen LogP contribution in [0.1, 0.15) is 0 Å². The molecule has 0 saturated heterocycles. The van der Waals surface area contributed by atoms with Gasteiger partial charge in [0.05, 0.1) is 23.9 Å². The van der Waals surface area contributed by atoms with Crippen molar-refractivity contribution in [3.05, 3.63) is 58.4 Å². The Labute approximate surface area is 172 Å². The van der Waals surface area contributed by atoms with Crippen molar-refractivity contribution in [3.8, 4) is 5.75 Å². The Bertz CT molecular complexity index is 1030. The van der Waals surface area contributed by atoms with E-state index in [0.29, 0.717) is 9.47 Å². The summed E-state index contributed by atoms with van der Waals surface area (Å²) in [6, 6.07) is 10.2. The first-order valence-corrected chi connectivity index (χ1v) is 9.86. The number of carbonyl (C=O) groups is 1. The molecule has 0 spiro atoms. The zero-order valence-corrected chi connectivity index (χ0v) is 16.6. The number of aromatic nitrogens is 2. The fraction of sp³-hybridized carbons (Fsp3) is 0.118. The van der Waals surface area contributed by atoms with Crippen LogP contribution in [0, 0.1) is 15.9 Å². The molecule has 3 rings (SSSR count). The van der Waals surface area contributed by atoms with Crippen LogP contribution in [0.15, 0.2) is 46.8 Å². The van der Waals surface area contributed by atoms with E-state index in [1.54, 1.807) is 19.2 Å². The Morgan fingerprint density at radius 1 is 1.28 bits per heavy atom. The molecule has 1 aromatic heterocycles. The Hall–Kier alpha value is -3.25. The number of anilines is 3. The van der Waals surface area contributed by atoms with Crippen LogP contribution < -0.4 is 15.4 Å². The summed E-state index contributed by atoms with van der Waals surface area (Å²) in [6.07, 6.45) is 0. The second-order valence-corrected chi connectivity index (χ2v) is 7.68.